The van der Waals surface area contributed by atoms with E-state index >= 15 is 0 Å². The molecule has 2 amide bonds. The van der Waals surface area contributed by atoms with Crippen molar-refractivity contribution >= 4 is 34.8 Å². The van der Waals surface area contributed by atoms with Crippen LogP contribution in [0.4, 0.5) is 11.4 Å². The largest absolute Gasteiger partial charge is 0.325 e. The maximum atomic E-state index is 12.4. The summed E-state index contributed by atoms with van der Waals surface area (Å²) in [7, 11) is 0. The van der Waals surface area contributed by atoms with E-state index in [0.29, 0.717) is 16.4 Å². The molecule has 0 aliphatic carbocycles. The first-order chi connectivity index (χ1) is 11.8. The van der Waals surface area contributed by atoms with Crippen LogP contribution < -0.4 is 10.2 Å². The molecule has 2 aromatic carbocycles. The molecule has 5 heteroatoms. The fourth-order valence-corrected chi connectivity index (χ4v) is 3.19. The number of carbonyl (C=O) groups excluding carboxylic acids is 2. The van der Waals surface area contributed by atoms with E-state index in [1.807, 2.05) is 44.2 Å². The zero-order valence-electron chi connectivity index (χ0n) is 15.0. The van der Waals surface area contributed by atoms with E-state index in [1.54, 1.807) is 6.07 Å². The maximum absolute atomic E-state index is 12.4. The highest BCUT2D eigenvalue weighted by Crippen LogP contribution is 2.31. The first-order valence-corrected chi connectivity index (χ1v) is 8.63. The molecule has 132 valence electrons. The molecule has 0 saturated heterocycles. The predicted molar refractivity (Wildman–Crippen MR) is 103 cm³/mol. The normalized spacial score (nSPS) is 10.4. The van der Waals surface area contributed by atoms with Gasteiger partial charge in [0.25, 0.3) is 0 Å². The SMILES string of the molecule is CCc1ccc(NC(=O)CN(C(C)=O)c2c(C)cc(C)cc2Cl)cc1. The average molecular weight is 359 g/mol. The van der Waals surface area contributed by atoms with Crippen molar-refractivity contribution in [2.75, 3.05) is 16.8 Å². The Bertz CT molecular complexity index is 762. The van der Waals surface area contributed by atoms with Crippen LogP contribution in [0.5, 0.6) is 0 Å². The Hall–Kier alpha value is -2.33. The van der Waals surface area contributed by atoms with Gasteiger partial charge in [-0.2, -0.15) is 0 Å². The molecule has 0 fully saturated rings. The molecule has 0 spiro atoms. The van der Waals surface area contributed by atoms with Gasteiger partial charge in [0, 0.05) is 12.6 Å². The highest BCUT2D eigenvalue weighted by atomic mass is 35.5. The zero-order chi connectivity index (χ0) is 18.6. The second kappa shape index (κ2) is 8.17. The van der Waals surface area contributed by atoms with Crippen molar-refractivity contribution in [1.29, 1.82) is 0 Å². The topological polar surface area (TPSA) is 49.4 Å². The van der Waals surface area contributed by atoms with Gasteiger partial charge in [0.1, 0.15) is 6.54 Å². The summed E-state index contributed by atoms with van der Waals surface area (Å²) in [5.41, 5.74) is 4.36. The van der Waals surface area contributed by atoms with E-state index in [9.17, 15) is 9.59 Å². The third kappa shape index (κ3) is 4.83. The lowest BCUT2D eigenvalue weighted by atomic mass is 10.1. The Kier molecular flexibility index (Phi) is 6.21. The number of hydrogen-bond acceptors (Lipinski definition) is 2. The number of nitrogens with zero attached hydrogens (tertiary/aromatic N) is 1. The standard InChI is InChI=1S/C20H23ClN2O2/c1-5-16-6-8-17(9-7-16)22-19(25)12-23(15(4)24)20-14(3)10-13(2)11-18(20)21/h6-11H,5,12H2,1-4H3,(H,22,25). The van der Waals surface area contributed by atoms with Gasteiger partial charge in [-0.3, -0.25) is 9.59 Å². The number of halogens is 1. The number of rotatable bonds is 5. The van der Waals surface area contributed by atoms with Crippen molar-refractivity contribution in [1.82, 2.24) is 0 Å². The van der Waals surface area contributed by atoms with E-state index in [4.69, 9.17) is 11.6 Å². The summed E-state index contributed by atoms with van der Waals surface area (Å²) in [6.07, 6.45) is 0.942. The Balaban J connectivity index is 2.19. The molecule has 1 N–H and O–H groups in total. The summed E-state index contributed by atoms with van der Waals surface area (Å²) in [5, 5.41) is 3.29. The van der Waals surface area contributed by atoms with Gasteiger partial charge in [0.2, 0.25) is 11.8 Å². The molecule has 0 atom stereocenters. The zero-order valence-corrected chi connectivity index (χ0v) is 15.8. The summed E-state index contributed by atoms with van der Waals surface area (Å²) in [4.78, 5) is 25.9. The third-order valence-electron chi connectivity index (χ3n) is 4.00. The molecule has 0 aliphatic heterocycles. The molecule has 4 nitrogen and oxygen atoms in total. The summed E-state index contributed by atoms with van der Waals surface area (Å²) in [5.74, 6) is -0.499. The minimum atomic E-state index is -0.268. The first-order valence-electron chi connectivity index (χ1n) is 8.25. The summed E-state index contributed by atoms with van der Waals surface area (Å²) in [6, 6.07) is 11.4. The van der Waals surface area contributed by atoms with E-state index in [0.717, 1.165) is 17.5 Å². The van der Waals surface area contributed by atoms with Gasteiger partial charge in [-0.25, -0.2) is 0 Å². The molecule has 0 bridgehead atoms. The second-order valence-corrected chi connectivity index (χ2v) is 6.52. The van der Waals surface area contributed by atoms with Crippen molar-refractivity contribution < 1.29 is 9.59 Å². The summed E-state index contributed by atoms with van der Waals surface area (Å²) >= 11 is 6.33. The Morgan fingerprint density at radius 2 is 1.76 bits per heavy atom. The van der Waals surface area contributed by atoms with Gasteiger partial charge in [-0.15, -0.1) is 0 Å². The minimum Gasteiger partial charge on any atom is -0.325 e. The number of anilines is 2. The van der Waals surface area contributed by atoms with Crippen LogP contribution in [0.25, 0.3) is 0 Å². The number of aryl methyl sites for hydroxylation is 3. The van der Waals surface area contributed by atoms with Crippen LogP contribution in [-0.4, -0.2) is 18.4 Å². The van der Waals surface area contributed by atoms with Crippen molar-refractivity contribution in [2.24, 2.45) is 0 Å². The second-order valence-electron chi connectivity index (χ2n) is 6.12. The van der Waals surface area contributed by atoms with Crippen LogP contribution in [0, 0.1) is 13.8 Å². The van der Waals surface area contributed by atoms with Crippen molar-refractivity contribution in [2.45, 2.75) is 34.1 Å². The number of hydrogen-bond donors (Lipinski definition) is 1. The monoisotopic (exact) mass is 358 g/mol. The Labute approximate surface area is 153 Å². The number of carbonyl (C=O) groups is 2. The molecule has 0 aliphatic rings. The third-order valence-corrected chi connectivity index (χ3v) is 4.28. The van der Waals surface area contributed by atoms with Crippen molar-refractivity contribution in [3.63, 3.8) is 0 Å². The summed E-state index contributed by atoms with van der Waals surface area (Å²) in [6.45, 7) is 7.23. The van der Waals surface area contributed by atoms with Crippen LogP contribution in [0.2, 0.25) is 5.02 Å². The first kappa shape index (κ1) is 19.0. The quantitative estimate of drug-likeness (QED) is 0.854. The van der Waals surface area contributed by atoms with Crippen LogP contribution >= 0.6 is 11.6 Å². The van der Waals surface area contributed by atoms with Gasteiger partial charge in [0.05, 0.1) is 10.7 Å². The van der Waals surface area contributed by atoms with Crippen LogP contribution in [0.3, 0.4) is 0 Å². The Morgan fingerprint density at radius 3 is 2.28 bits per heavy atom. The number of amides is 2. The minimum absolute atomic E-state index is 0.0888. The molecule has 2 rings (SSSR count). The van der Waals surface area contributed by atoms with Gasteiger partial charge < -0.3 is 10.2 Å². The fourth-order valence-electron chi connectivity index (χ4n) is 2.77. The molecule has 0 radical (unpaired) electrons. The highest BCUT2D eigenvalue weighted by Gasteiger charge is 2.20. The Morgan fingerprint density at radius 1 is 1.12 bits per heavy atom. The molecule has 0 aromatic heterocycles. The van der Waals surface area contributed by atoms with Gasteiger partial charge >= 0.3 is 0 Å². The fraction of sp³-hybridized carbons (Fsp3) is 0.300. The van der Waals surface area contributed by atoms with Crippen LogP contribution in [0.15, 0.2) is 36.4 Å². The molecule has 0 saturated carbocycles. The predicted octanol–water partition coefficient (Wildman–Crippen LogP) is 4.51. The number of benzene rings is 2. The van der Waals surface area contributed by atoms with Crippen molar-refractivity contribution in [3.05, 3.63) is 58.1 Å². The molecular weight excluding hydrogens is 336 g/mol. The lowest BCUT2D eigenvalue weighted by Gasteiger charge is -2.24. The lowest BCUT2D eigenvalue weighted by Crippen LogP contribution is -2.37. The van der Waals surface area contributed by atoms with Gasteiger partial charge in [0.15, 0.2) is 0 Å². The summed E-state index contributed by atoms with van der Waals surface area (Å²) < 4.78 is 0. The van der Waals surface area contributed by atoms with Gasteiger partial charge in [-0.1, -0.05) is 36.7 Å². The highest BCUT2D eigenvalue weighted by molar-refractivity contribution is 6.34. The number of nitrogens with one attached hydrogen (secondary N) is 1. The maximum Gasteiger partial charge on any atom is 0.244 e. The lowest BCUT2D eigenvalue weighted by molar-refractivity contribution is -0.120. The molecular formula is C20H23ClN2O2. The average Bonchev–Trinajstić information content (AvgIpc) is 2.53. The smallest absolute Gasteiger partial charge is 0.244 e. The van der Waals surface area contributed by atoms with Crippen LogP contribution in [-0.2, 0) is 16.0 Å². The van der Waals surface area contributed by atoms with Crippen molar-refractivity contribution in [3.8, 4) is 0 Å². The van der Waals surface area contributed by atoms with E-state index in [-0.39, 0.29) is 18.4 Å². The molecule has 0 unspecified atom stereocenters. The van der Waals surface area contributed by atoms with E-state index < -0.39 is 0 Å². The van der Waals surface area contributed by atoms with E-state index in [1.165, 1.54) is 17.4 Å². The van der Waals surface area contributed by atoms with Crippen LogP contribution in [0.1, 0.15) is 30.5 Å². The molecule has 0 heterocycles. The molecule has 2 aromatic rings. The molecule has 25 heavy (non-hydrogen) atoms. The van der Waals surface area contributed by atoms with Gasteiger partial charge in [-0.05, 0) is 55.2 Å². The van der Waals surface area contributed by atoms with E-state index in [2.05, 4.69) is 12.2 Å².